The number of aryl methyl sites for hydroxylation is 1. The summed E-state index contributed by atoms with van der Waals surface area (Å²) in [5.74, 6) is -1.50. The maximum atomic E-state index is 14.2. The third-order valence-corrected chi connectivity index (χ3v) is 7.00. The molecule has 1 aromatic heterocycles. The van der Waals surface area contributed by atoms with E-state index in [-0.39, 0.29) is 17.0 Å². The van der Waals surface area contributed by atoms with Gasteiger partial charge in [0.05, 0.1) is 10.5 Å². The van der Waals surface area contributed by atoms with Gasteiger partial charge >= 0.3 is 5.97 Å². The number of hydrogen-bond donors (Lipinski definition) is 2. The summed E-state index contributed by atoms with van der Waals surface area (Å²) in [7, 11) is 0. The van der Waals surface area contributed by atoms with E-state index >= 15 is 0 Å². The van der Waals surface area contributed by atoms with Crippen LogP contribution in [0.4, 0.5) is 4.39 Å². The Hall–Kier alpha value is -2.57. The number of carboxylic acids is 1. The summed E-state index contributed by atoms with van der Waals surface area (Å²) in [6, 6.07) is 9.16. The quantitative estimate of drug-likeness (QED) is 0.444. The Kier molecular flexibility index (Phi) is 6.96. The van der Waals surface area contributed by atoms with Gasteiger partial charge in [-0.2, -0.15) is 0 Å². The van der Waals surface area contributed by atoms with Gasteiger partial charge in [0, 0.05) is 28.6 Å². The summed E-state index contributed by atoms with van der Waals surface area (Å²) < 4.78 is 16.0. The molecule has 2 N–H and O–H groups in total. The zero-order valence-corrected chi connectivity index (χ0v) is 19.7. The van der Waals surface area contributed by atoms with Crippen molar-refractivity contribution in [3.8, 4) is 0 Å². The van der Waals surface area contributed by atoms with E-state index in [9.17, 15) is 19.1 Å². The number of fused-ring (bicyclic) bond motifs is 3. The number of nitrogens with zero attached hydrogens (tertiary/aromatic N) is 1. The van der Waals surface area contributed by atoms with Crippen molar-refractivity contribution in [1.82, 2.24) is 9.88 Å². The molecule has 0 bridgehead atoms. The van der Waals surface area contributed by atoms with E-state index in [0.717, 1.165) is 16.8 Å². The molecule has 5 nitrogen and oxygen atoms in total. The van der Waals surface area contributed by atoms with E-state index in [1.807, 2.05) is 18.2 Å². The van der Waals surface area contributed by atoms with Crippen molar-refractivity contribution in [2.45, 2.75) is 57.5 Å². The predicted molar refractivity (Wildman–Crippen MR) is 128 cm³/mol. The van der Waals surface area contributed by atoms with Gasteiger partial charge in [-0.05, 0) is 61.4 Å². The average Bonchev–Trinajstić information content (AvgIpc) is 3.07. The molecule has 1 aliphatic rings. The number of aliphatic carboxylic acids is 1. The number of amides is 1. The molecule has 33 heavy (non-hydrogen) atoms. The SMILES string of the molecule is CCC(C(=O)O)n1c2c(c3cc(F)cc(Cl)c31)CC(NC(=O)CCc1ccccc1Cl)CC2. The third kappa shape index (κ3) is 4.73. The van der Waals surface area contributed by atoms with Crippen LogP contribution < -0.4 is 5.32 Å². The number of carbonyl (C=O) groups is 2. The second kappa shape index (κ2) is 9.74. The van der Waals surface area contributed by atoms with Crippen molar-refractivity contribution < 1.29 is 19.1 Å². The van der Waals surface area contributed by atoms with Crippen LogP contribution in [-0.2, 0) is 28.9 Å². The number of aromatic nitrogens is 1. The van der Waals surface area contributed by atoms with Crippen LogP contribution in [0.15, 0.2) is 36.4 Å². The molecule has 0 fully saturated rings. The molecule has 2 aromatic carbocycles. The molecule has 1 aliphatic carbocycles. The Morgan fingerprint density at radius 1 is 1.24 bits per heavy atom. The van der Waals surface area contributed by atoms with Crippen LogP contribution in [0, 0.1) is 5.82 Å². The smallest absolute Gasteiger partial charge is 0.326 e. The first-order valence-electron chi connectivity index (χ1n) is 11.1. The van der Waals surface area contributed by atoms with Gasteiger partial charge in [-0.25, -0.2) is 9.18 Å². The van der Waals surface area contributed by atoms with Crippen LogP contribution in [0.25, 0.3) is 10.9 Å². The van der Waals surface area contributed by atoms with Crippen LogP contribution in [0.3, 0.4) is 0 Å². The topological polar surface area (TPSA) is 71.3 Å². The lowest BCUT2D eigenvalue weighted by Gasteiger charge is -2.26. The number of benzene rings is 2. The Morgan fingerprint density at radius 2 is 2.00 bits per heavy atom. The number of hydrogen-bond acceptors (Lipinski definition) is 2. The zero-order valence-electron chi connectivity index (χ0n) is 18.2. The average molecular weight is 491 g/mol. The Balaban J connectivity index is 1.59. The molecule has 0 spiro atoms. The monoisotopic (exact) mass is 490 g/mol. The fourth-order valence-electron chi connectivity index (χ4n) is 4.82. The second-order valence-electron chi connectivity index (χ2n) is 8.44. The molecular formula is C25H25Cl2FN2O3. The normalized spacial score (nSPS) is 16.4. The predicted octanol–water partition coefficient (Wildman–Crippen LogP) is 5.73. The minimum absolute atomic E-state index is 0.0757. The fraction of sp³-hybridized carbons (Fsp3) is 0.360. The molecule has 2 atom stereocenters. The van der Waals surface area contributed by atoms with Crippen LogP contribution in [0.2, 0.25) is 10.0 Å². The van der Waals surface area contributed by atoms with E-state index in [0.29, 0.717) is 54.5 Å². The first-order chi connectivity index (χ1) is 15.8. The van der Waals surface area contributed by atoms with Crippen molar-refractivity contribution in [2.75, 3.05) is 0 Å². The van der Waals surface area contributed by atoms with Crippen LogP contribution >= 0.6 is 23.2 Å². The highest BCUT2D eigenvalue weighted by atomic mass is 35.5. The van der Waals surface area contributed by atoms with E-state index in [1.54, 1.807) is 17.6 Å². The molecule has 174 valence electrons. The highest BCUT2D eigenvalue weighted by Crippen LogP contribution is 2.39. The van der Waals surface area contributed by atoms with Gasteiger partial charge in [0.2, 0.25) is 5.91 Å². The highest BCUT2D eigenvalue weighted by molar-refractivity contribution is 6.35. The summed E-state index contributed by atoms with van der Waals surface area (Å²) >= 11 is 12.6. The molecule has 0 aliphatic heterocycles. The minimum atomic E-state index is -0.951. The van der Waals surface area contributed by atoms with Gasteiger partial charge in [0.15, 0.2) is 0 Å². The number of rotatable bonds is 7. The van der Waals surface area contributed by atoms with Crippen molar-refractivity contribution in [3.63, 3.8) is 0 Å². The molecule has 0 saturated heterocycles. The van der Waals surface area contributed by atoms with Gasteiger partial charge in [0.25, 0.3) is 0 Å². The van der Waals surface area contributed by atoms with E-state index in [2.05, 4.69) is 5.32 Å². The number of nitrogens with one attached hydrogen (secondary N) is 1. The summed E-state index contributed by atoms with van der Waals surface area (Å²) in [5.41, 5.74) is 3.18. The highest BCUT2D eigenvalue weighted by Gasteiger charge is 2.32. The molecule has 0 radical (unpaired) electrons. The maximum Gasteiger partial charge on any atom is 0.326 e. The number of halogens is 3. The molecule has 4 rings (SSSR count). The van der Waals surface area contributed by atoms with E-state index in [4.69, 9.17) is 23.2 Å². The van der Waals surface area contributed by atoms with Gasteiger partial charge in [0.1, 0.15) is 11.9 Å². The molecule has 8 heteroatoms. The van der Waals surface area contributed by atoms with Gasteiger partial charge in [-0.1, -0.05) is 48.3 Å². The molecule has 1 heterocycles. The van der Waals surface area contributed by atoms with Crippen molar-refractivity contribution in [2.24, 2.45) is 0 Å². The number of carboxylic acid groups (broad SMARTS) is 1. The van der Waals surface area contributed by atoms with Gasteiger partial charge in [-0.3, -0.25) is 4.79 Å². The molecule has 2 unspecified atom stereocenters. The Bertz CT molecular complexity index is 1220. The summed E-state index contributed by atoms with van der Waals surface area (Å²) in [6.07, 6.45) is 2.96. The largest absolute Gasteiger partial charge is 0.480 e. The summed E-state index contributed by atoms with van der Waals surface area (Å²) in [4.78, 5) is 24.6. The van der Waals surface area contributed by atoms with E-state index < -0.39 is 17.8 Å². The molecular weight excluding hydrogens is 466 g/mol. The van der Waals surface area contributed by atoms with Crippen molar-refractivity contribution in [1.29, 1.82) is 0 Å². The Morgan fingerprint density at radius 3 is 2.70 bits per heavy atom. The Labute approximate surface area is 201 Å². The lowest BCUT2D eigenvalue weighted by Crippen LogP contribution is -2.39. The van der Waals surface area contributed by atoms with Crippen molar-refractivity contribution in [3.05, 3.63) is 69.1 Å². The summed E-state index contributed by atoms with van der Waals surface area (Å²) in [6.45, 7) is 1.80. The van der Waals surface area contributed by atoms with Crippen LogP contribution in [0.5, 0.6) is 0 Å². The number of carbonyl (C=O) groups excluding carboxylic acids is 1. The first-order valence-corrected chi connectivity index (χ1v) is 11.8. The van der Waals surface area contributed by atoms with Gasteiger partial charge < -0.3 is 15.0 Å². The lowest BCUT2D eigenvalue weighted by atomic mass is 9.91. The van der Waals surface area contributed by atoms with E-state index in [1.165, 1.54) is 12.1 Å². The molecule has 3 aromatic rings. The first kappa shape index (κ1) is 23.6. The summed E-state index contributed by atoms with van der Waals surface area (Å²) in [5, 5.41) is 14.3. The van der Waals surface area contributed by atoms with Crippen LogP contribution in [0.1, 0.15) is 49.0 Å². The lowest BCUT2D eigenvalue weighted by molar-refractivity contribution is -0.141. The fourth-order valence-corrected chi connectivity index (χ4v) is 5.35. The zero-order chi connectivity index (χ0) is 23.7. The maximum absolute atomic E-state index is 14.2. The second-order valence-corrected chi connectivity index (χ2v) is 9.25. The van der Waals surface area contributed by atoms with Crippen LogP contribution in [-0.4, -0.2) is 27.6 Å². The van der Waals surface area contributed by atoms with Crippen molar-refractivity contribution >= 4 is 46.0 Å². The molecule has 1 amide bonds. The standard InChI is InChI=1S/C25H25Cl2FN2O3/c1-2-21(25(32)33)30-22-9-8-16(13-17(22)18-11-15(28)12-20(27)24(18)30)29-23(31)10-7-14-5-3-4-6-19(14)26/h3-6,11-12,16,21H,2,7-10,13H2,1H3,(H,29,31)(H,32,33). The molecule has 0 saturated carbocycles. The third-order valence-electron chi connectivity index (χ3n) is 6.34. The van der Waals surface area contributed by atoms with Gasteiger partial charge in [-0.15, -0.1) is 0 Å². The minimum Gasteiger partial charge on any atom is -0.480 e.